The highest BCUT2D eigenvalue weighted by atomic mass is 16.7. The van der Waals surface area contributed by atoms with Gasteiger partial charge in [0, 0.05) is 71.9 Å². The van der Waals surface area contributed by atoms with Crippen LogP contribution in [0.3, 0.4) is 0 Å². The molecule has 0 saturated carbocycles. The summed E-state index contributed by atoms with van der Waals surface area (Å²) in [6.07, 6.45) is 8.61. The number of hydroxylamine groups is 2. The minimum absolute atomic E-state index is 0.0732. The Kier molecular flexibility index (Phi) is 13.6. The summed E-state index contributed by atoms with van der Waals surface area (Å²) in [5.41, 5.74) is 0. The van der Waals surface area contributed by atoms with Crippen LogP contribution in [0.15, 0.2) is 12.2 Å². The summed E-state index contributed by atoms with van der Waals surface area (Å²) in [5.74, 6) is -3.17. The van der Waals surface area contributed by atoms with Crippen molar-refractivity contribution in [1.82, 2.24) is 9.96 Å². The molecule has 1 fully saturated rings. The predicted octanol–water partition coefficient (Wildman–Crippen LogP) is 2.14. The number of carbonyl (C=O) groups is 4. The summed E-state index contributed by atoms with van der Waals surface area (Å²) in [6, 6.07) is 0. The smallest absolute Gasteiger partial charge is 0.333 e. The molecule has 0 aliphatic carbocycles. The van der Waals surface area contributed by atoms with E-state index in [2.05, 4.69) is 0 Å². The molecule has 1 saturated heterocycles. The highest BCUT2D eigenvalue weighted by molar-refractivity contribution is 6.12. The fraction of sp³-hybridized carbons (Fsp3) is 0.760. The van der Waals surface area contributed by atoms with Gasteiger partial charge in [0.1, 0.15) is 0 Å². The third kappa shape index (κ3) is 10.3. The average Bonchev–Trinajstić information content (AvgIpc) is 3.19. The Bertz CT molecular complexity index is 712. The van der Waals surface area contributed by atoms with Crippen LogP contribution in [0.2, 0.25) is 0 Å². The molecule has 0 N–H and O–H groups in total. The van der Waals surface area contributed by atoms with E-state index < -0.39 is 23.6 Å². The molecule has 2 heterocycles. The molecule has 0 atom stereocenters. The first-order chi connectivity index (χ1) is 17.4. The van der Waals surface area contributed by atoms with Crippen molar-refractivity contribution in [1.29, 1.82) is 0 Å². The molecular weight excluding hydrogens is 472 g/mol. The number of hydrogen-bond donors (Lipinski definition) is 0. The molecule has 2 aliphatic rings. The number of piperidine rings is 1. The van der Waals surface area contributed by atoms with Gasteiger partial charge >= 0.3 is 5.97 Å². The maximum Gasteiger partial charge on any atom is 0.333 e. The Morgan fingerprint density at radius 1 is 0.778 bits per heavy atom. The van der Waals surface area contributed by atoms with Gasteiger partial charge in [-0.2, -0.15) is 0 Å². The Morgan fingerprint density at radius 3 is 1.78 bits per heavy atom. The summed E-state index contributed by atoms with van der Waals surface area (Å²) < 4.78 is 22.6. The van der Waals surface area contributed by atoms with Gasteiger partial charge in [-0.3, -0.25) is 14.4 Å². The maximum absolute atomic E-state index is 12.7. The van der Waals surface area contributed by atoms with Crippen LogP contribution in [0.1, 0.15) is 64.2 Å². The molecule has 0 unspecified atom stereocenters. The summed E-state index contributed by atoms with van der Waals surface area (Å²) in [6.45, 7) is 3.53. The maximum atomic E-state index is 12.7. The lowest BCUT2D eigenvalue weighted by Gasteiger charge is -2.41. The standard InChI is InChI=1S/C25H40N2O9/c1-32-17-5-3-7-19-34-25(35-20-8-4-6-18-33-2)13-15-26(16-14-25)21(28)11-12-24(31)36-27-22(29)9-10-23(27)30/h9-10H,3-8,11-20H2,1-2H3. The van der Waals surface area contributed by atoms with E-state index in [-0.39, 0.29) is 18.7 Å². The predicted molar refractivity (Wildman–Crippen MR) is 128 cm³/mol. The minimum Gasteiger partial charge on any atom is -0.385 e. The lowest BCUT2D eigenvalue weighted by molar-refractivity contribution is -0.257. The van der Waals surface area contributed by atoms with Crippen molar-refractivity contribution in [3.05, 3.63) is 12.2 Å². The van der Waals surface area contributed by atoms with Crippen LogP contribution in [-0.4, -0.2) is 93.2 Å². The number of methoxy groups -OCH3 is 2. The van der Waals surface area contributed by atoms with Crippen LogP contribution >= 0.6 is 0 Å². The summed E-state index contributed by atoms with van der Waals surface area (Å²) >= 11 is 0. The van der Waals surface area contributed by atoms with E-state index in [0.29, 0.717) is 44.2 Å². The number of likely N-dealkylation sites (tertiary alicyclic amines) is 1. The fourth-order valence-corrected chi connectivity index (χ4v) is 3.99. The van der Waals surface area contributed by atoms with E-state index in [1.807, 2.05) is 0 Å². The Hall–Kier alpha value is -2.34. The summed E-state index contributed by atoms with van der Waals surface area (Å²) in [7, 11) is 3.38. The van der Waals surface area contributed by atoms with E-state index in [0.717, 1.165) is 63.9 Å². The number of rotatable bonds is 18. The fourth-order valence-electron chi connectivity index (χ4n) is 3.99. The molecule has 0 aromatic carbocycles. The molecule has 0 bridgehead atoms. The molecule has 11 heteroatoms. The van der Waals surface area contributed by atoms with E-state index in [1.54, 1.807) is 19.1 Å². The number of amides is 3. The number of hydrogen-bond acceptors (Lipinski definition) is 9. The van der Waals surface area contributed by atoms with Crippen molar-refractivity contribution in [2.24, 2.45) is 0 Å². The van der Waals surface area contributed by atoms with Crippen LogP contribution in [0.25, 0.3) is 0 Å². The topological polar surface area (TPSA) is 121 Å². The van der Waals surface area contributed by atoms with E-state index in [1.165, 1.54) is 0 Å². The number of carbonyl (C=O) groups excluding carboxylic acids is 4. The molecule has 3 amide bonds. The molecule has 0 radical (unpaired) electrons. The van der Waals surface area contributed by atoms with E-state index >= 15 is 0 Å². The molecule has 11 nitrogen and oxygen atoms in total. The first kappa shape index (κ1) is 29.9. The lowest BCUT2D eigenvalue weighted by atomic mass is 10.0. The Labute approximate surface area is 212 Å². The van der Waals surface area contributed by atoms with Gasteiger partial charge in [-0.25, -0.2) is 4.79 Å². The van der Waals surface area contributed by atoms with Crippen LogP contribution < -0.4 is 0 Å². The normalized spacial score (nSPS) is 17.2. The molecule has 2 aliphatic heterocycles. The third-order valence-electron chi connectivity index (χ3n) is 6.10. The van der Waals surface area contributed by atoms with Gasteiger partial charge < -0.3 is 28.7 Å². The van der Waals surface area contributed by atoms with Gasteiger partial charge in [-0.1, -0.05) is 5.06 Å². The van der Waals surface area contributed by atoms with Gasteiger partial charge in [-0.15, -0.1) is 0 Å². The van der Waals surface area contributed by atoms with Gasteiger partial charge in [-0.05, 0) is 38.5 Å². The van der Waals surface area contributed by atoms with Crippen molar-refractivity contribution in [3.8, 4) is 0 Å². The SMILES string of the molecule is COCCCCCOC1(OCCCCCOC)CCN(C(=O)CCC(=O)ON2C(=O)C=CC2=O)CC1. The van der Waals surface area contributed by atoms with Crippen LogP contribution in [0.5, 0.6) is 0 Å². The summed E-state index contributed by atoms with van der Waals surface area (Å²) in [4.78, 5) is 54.1. The highest BCUT2D eigenvalue weighted by Gasteiger charge is 2.38. The van der Waals surface area contributed by atoms with Crippen molar-refractivity contribution in [3.63, 3.8) is 0 Å². The van der Waals surface area contributed by atoms with Gasteiger partial charge in [0.25, 0.3) is 11.8 Å². The van der Waals surface area contributed by atoms with Crippen molar-refractivity contribution in [2.75, 3.05) is 53.7 Å². The number of imide groups is 1. The Balaban J connectivity index is 1.76. The second-order valence-corrected chi connectivity index (χ2v) is 8.86. The molecule has 2 rings (SSSR count). The quantitative estimate of drug-likeness (QED) is 0.154. The number of unbranched alkanes of at least 4 members (excludes halogenated alkanes) is 4. The minimum atomic E-state index is -0.811. The van der Waals surface area contributed by atoms with Crippen LogP contribution in [0.4, 0.5) is 0 Å². The summed E-state index contributed by atoms with van der Waals surface area (Å²) in [5, 5.41) is 0.390. The van der Waals surface area contributed by atoms with Crippen LogP contribution in [-0.2, 0) is 43.0 Å². The molecule has 0 aromatic rings. The Morgan fingerprint density at radius 2 is 1.28 bits per heavy atom. The van der Waals surface area contributed by atoms with Gasteiger partial charge in [0.2, 0.25) is 5.91 Å². The third-order valence-corrected chi connectivity index (χ3v) is 6.10. The van der Waals surface area contributed by atoms with Crippen molar-refractivity contribution in [2.45, 2.75) is 70.0 Å². The molecule has 0 spiro atoms. The van der Waals surface area contributed by atoms with Gasteiger partial charge in [0.05, 0.1) is 19.6 Å². The monoisotopic (exact) mass is 512 g/mol. The molecule has 204 valence electrons. The zero-order valence-corrected chi connectivity index (χ0v) is 21.5. The zero-order chi connectivity index (χ0) is 26.2. The van der Waals surface area contributed by atoms with Crippen molar-refractivity contribution < 1.29 is 43.0 Å². The van der Waals surface area contributed by atoms with E-state index in [9.17, 15) is 19.2 Å². The van der Waals surface area contributed by atoms with Crippen molar-refractivity contribution >= 4 is 23.7 Å². The number of nitrogens with zero attached hydrogens (tertiary/aromatic N) is 2. The second-order valence-electron chi connectivity index (χ2n) is 8.86. The molecule has 36 heavy (non-hydrogen) atoms. The molecule has 0 aromatic heterocycles. The van der Waals surface area contributed by atoms with Gasteiger partial charge in [0.15, 0.2) is 5.79 Å². The highest BCUT2D eigenvalue weighted by Crippen LogP contribution is 2.29. The first-order valence-electron chi connectivity index (χ1n) is 12.7. The average molecular weight is 513 g/mol. The second kappa shape index (κ2) is 16.4. The largest absolute Gasteiger partial charge is 0.385 e. The first-order valence-corrected chi connectivity index (χ1v) is 12.7. The lowest BCUT2D eigenvalue weighted by Crippen LogP contribution is -2.50. The molecular formula is C25H40N2O9. The zero-order valence-electron chi connectivity index (χ0n) is 21.5. The van der Waals surface area contributed by atoms with Crippen LogP contribution in [0, 0.1) is 0 Å². The number of ether oxygens (including phenoxy) is 4. The van der Waals surface area contributed by atoms with E-state index in [4.69, 9.17) is 23.8 Å².